The van der Waals surface area contributed by atoms with Gasteiger partial charge in [-0.05, 0) is 0 Å². The van der Waals surface area contributed by atoms with E-state index in [1.165, 1.54) is 0 Å². The van der Waals surface area contributed by atoms with Gasteiger partial charge in [-0.3, -0.25) is 4.79 Å². The molecule has 0 saturated heterocycles. The Labute approximate surface area is 56.9 Å². The second-order valence-electron chi connectivity index (χ2n) is 1.80. The Morgan fingerprint density at radius 3 is 1.90 bits per heavy atom. The van der Waals surface area contributed by atoms with Gasteiger partial charge in [0.25, 0.3) is 0 Å². The number of aliphatic hydroxyl groups is 1. The Morgan fingerprint density at radius 1 is 1.40 bits per heavy atom. The summed E-state index contributed by atoms with van der Waals surface area (Å²) in [6, 6.07) is 0. The van der Waals surface area contributed by atoms with Gasteiger partial charge in [-0.15, -0.1) is 0 Å². The minimum atomic E-state index is -2.66. The highest BCUT2D eigenvalue weighted by Gasteiger charge is 2.33. The van der Waals surface area contributed by atoms with Crippen LogP contribution in [0.2, 0.25) is 0 Å². The van der Waals surface area contributed by atoms with Crippen LogP contribution < -0.4 is 0 Å². The zero-order chi connectivity index (χ0) is 8.36. The van der Waals surface area contributed by atoms with Crippen LogP contribution in [0.5, 0.6) is 0 Å². The number of carboxylic acid groups (broad SMARTS) is 2. The van der Waals surface area contributed by atoms with Crippen LogP contribution in [0.1, 0.15) is 6.42 Å². The molecular weight excluding hydrogens is 140 g/mol. The van der Waals surface area contributed by atoms with E-state index in [1.807, 2.05) is 0 Å². The van der Waals surface area contributed by atoms with E-state index in [0.29, 0.717) is 0 Å². The van der Waals surface area contributed by atoms with Crippen molar-refractivity contribution < 1.29 is 24.9 Å². The highest BCUT2D eigenvalue weighted by molar-refractivity contribution is 5.84. The first kappa shape index (κ1) is 8.90. The lowest BCUT2D eigenvalue weighted by molar-refractivity contribution is -0.160. The smallest absolute Gasteiger partial charge is 0.336 e. The Balaban J connectivity index is 4.13. The molecule has 0 saturated carbocycles. The van der Waals surface area contributed by atoms with Crippen molar-refractivity contribution >= 4 is 11.9 Å². The second-order valence-corrected chi connectivity index (χ2v) is 1.80. The first-order valence-corrected chi connectivity index (χ1v) is 2.32. The second kappa shape index (κ2) is 2.66. The number of hydrogen-bond donors (Lipinski definition) is 3. The summed E-state index contributed by atoms with van der Waals surface area (Å²) >= 11 is 0. The molecule has 3 N–H and O–H groups in total. The van der Waals surface area contributed by atoms with Crippen LogP contribution >= 0.6 is 0 Å². The molecule has 56 valence electrons. The number of rotatable bonds is 3. The Hall–Kier alpha value is -1.10. The van der Waals surface area contributed by atoms with E-state index in [9.17, 15) is 9.59 Å². The molecule has 0 aromatic heterocycles. The van der Waals surface area contributed by atoms with Gasteiger partial charge in [-0.25, -0.2) is 4.79 Å². The van der Waals surface area contributed by atoms with Gasteiger partial charge < -0.3 is 15.3 Å². The lowest BCUT2D eigenvalue weighted by Crippen LogP contribution is -2.37. The zero-order valence-corrected chi connectivity index (χ0v) is 4.94. The van der Waals surface area contributed by atoms with Crippen molar-refractivity contribution in [2.24, 2.45) is 0 Å². The molecule has 0 fully saturated rings. The third-order valence-electron chi connectivity index (χ3n) is 0.791. The van der Waals surface area contributed by atoms with Gasteiger partial charge in [0.2, 0.25) is 0 Å². The molecule has 0 spiro atoms. The maximum absolute atomic E-state index is 9.92. The molecule has 0 bridgehead atoms. The van der Waals surface area contributed by atoms with Crippen molar-refractivity contribution in [2.75, 3.05) is 0 Å². The maximum Gasteiger partial charge on any atom is 0.336 e. The molecule has 2 radical (unpaired) electrons. The molecule has 0 aliphatic heterocycles. The van der Waals surface area contributed by atoms with E-state index >= 15 is 0 Å². The third-order valence-corrected chi connectivity index (χ3v) is 0.791. The van der Waals surface area contributed by atoms with Crippen LogP contribution in [-0.4, -0.2) is 32.9 Å². The van der Waals surface area contributed by atoms with Crippen molar-refractivity contribution in [3.05, 3.63) is 6.92 Å². The first-order valence-electron chi connectivity index (χ1n) is 2.32. The number of hydrogen-bond acceptors (Lipinski definition) is 3. The summed E-state index contributed by atoms with van der Waals surface area (Å²) in [5.41, 5.74) is -2.66. The Kier molecular flexibility index (Phi) is 2.36. The molecule has 0 amide bonds. The van der Waals surface area contributed by atoms with Crippen LogP contribution in [0.25, 0.3) is 0 Å². The molecule has 0 aliphatic carbocycles. The number of carbonyl (C=O) groups is 2. The van der Waals surface area contributed by atoms with Crippen molar-refractivity contribution in [1.29, 1.82) is 0 Å². The molecule has 10 heavy (non-hydrogen) atoms. The largest absolute Gasteiger partial charge is 0.481 e. The molecule has 0 rings (SSSR count). The molecule has 5 heteroatoms. The summed E-state index contributed by atoms with van der Waals surface area (Å²) in [7, 11) is 0. The lowest BCUT2D eigenvalue weighted by atomic mass is 10.0. The molecule has 1 atom stereocenters. The van der Waals surface area contributed by atoms with Gasteiger partial charge >= 0.3 is 11.9 Å². The molecule has 0 heterocycles. The van der Waals surface area contributed by atoms with Crippen molar-refractivity contribution in [2.45, 2.75) is 12.0 Å². The minimum Gasteiger partial charge on any atom is -0.481 e. The van der Waals surface area contributed by atoms with E-state index < -0.39 is 24.0 Å². The van der Waals surface area contributed by atoms with Gasteiger partial charge in [-0.2, -0.15) is 0 Å². The quantitative estimate of drug-likeness (QED) is 0.474. The minimum absolute atomic E-state index is 1.01. The fourth-order valence-electron chi connectivity index (χ4n) is 0.306. The van der Waals surface area contributed by atoms with Gasteiger partial charge in [-0.1, -0.05) is 0 Å². The van der Waals surface area contributed by atoms with Crippen molar-refractivity contribution in [3.8, 4) is 0 Å². The summed E-state index contributed by atoms with van der Waals surface area (Å²) in [6.07, 6.45) is -1.01. The fourth-order valence-corrected chi connectivity index (χ4v) is 0.306. The average Bonchev–Trinajstić information content (AvgIpc) is 1.60. The molecule has 0 aliphatic rings. The number of carboxylic acids is 2. The van der Waals surface area contributed by atoms with Gasteiger partial charge in [0.15, 0.2) is 5.60 Å². The van der Waals surface area contributed by atoms with Crippen LogP contribution in [0.3, 0.4) is 0 Å². The molecule has 5 nitrogen and oxygen atoms in total. The van der Waals surface area contributed by atoms with Gasteiger partial charge in [0.05, 0.1) is 6.42 Å². The average molecular weight is 146 g/mol. The van der Waals surface area contributed by atoms with E-state index in [1.54, 1.807) is 0 Å². The standard InChI is InChI=1S/C5H6O5/c1-5(10,4(8)9)2-3(6)7/h1,10H,2H2,(H,6,7)(H,8,9). The predicted octanol–water partition coefficient (Wildman–Crippen LogP) is -1.01. The van der Waals surface area contributed by atoms with Crippen LogP contribution in [0.15, 0.2) is 0 Å². The van der Waals surface area contributed by atoms with Crippen LogP contribution in [0, 0.1) is 6.92 Å². The van der Waals surface area contributed by atoms with Crippen LogP contribution in [-0.2, 0) is 9.59 Å². The SMILES string of the molecule is [CH]C(O)(CC(=O)O)C(=O)O. The predicted molar refractivity (Wildman–Crippen MR) is 29.1 cm³/mol. The molecule has 0 aromatic carbocycles. The highest BCUT2D eigenvalue weighted by atomic mass is 16.4. The van der Waals surface area contributed by atoms with E-state index in [0.717, 1.165) is 0 Å². The highest BCUT2D eigenvalue weighted by Crippen LogP contribution is 2.07. The summed E-state index contributed by atoms with van der Waals surface area (Å²) in [5, 5.41) is 24.6. The molecular formula is C5H6O5. The van der Waals surface area contributed by atoms with Crippen molar-refractivity contribution in [3.63, 3.8) is 0 Å². The van der Waals surface area contributed by atoms with Crippen molar-refractivity contribution in [1.82, 2.24) is 0 Å². The third kappa shape index (κ3) is 2.45. The lowest BCUT2D eigenvalue weighted by Gasteiger charge is -2.13. The van der Waals surface area contributed by atoms with E-state index in [-0.39, 0.29) is 0 Å². The van der Waals surface area contributed by atoms with Crippen LogP contribution in [0.4, 0.5) is 0 Å². The summed E-state index contributed by atoms with van der Waals surface area (Å²) < 4.78 is 0. The van der Waals surface area contributed by atoms with E-state index in [4.69, 9.17) is 15.3 Å². The first-order chi connectivity index (χ1) is 4.36. The van der Waals surface area contributed by atoms with E-state index in [2.05, 4.69) is 6.92 Å². The Bertz CT molecular complexity index is 159. The van der Waals surface area contributed by atoms with Gasteiger partial charge in [0.1, 0.15) is 0 Å². The summed E-state index contributed by atoms with van der Waals surface area (Å²) in [4.78, 5) is 19.7. The molecule has 0 aromatic rings. The monoisotopic (exact) mass is 146 g/mol. The fraction of sp³-hybridized carbons (Fsp3) is 0.400. The Morgan fingerprint density at radius 2 is 1.80 bits per heavy atom. The normalized spacial score (nSPS) is 15.8. The summed E-state index contributed by atoms with van der Waals surface area (Å²) in [5.74, 6) is -3.22. The summed E-state index contributed by atoms with van der Waals surface area (Å²) in [6.45, 7) is 4.64. The molecule has 1 unspecified atom stereocenters. The maximum atomic E-state index is 9.92. The number of aliphatic carboxylic acids is 2. The zero-order valence-electron chi connectivity index (χ0n) is 4.94. The van der Waals surface area contributed by atoms with Gasteiger partial charge in [0, 0.05) is 6.92 Å². The topological polar surface area (TPSA) is 94.8 Å².